The van der Waals surface area contributed by atoms with Crippen LogP contribution in [0.5, 0.6) is 0 Å². The van der Waals surface area contributed by atoms with Gasteiger partial charge in [-0.3, -0.25) is 0 Å². The maximum absolute atomic E-state index is 15.0. The first-order valence-corrected chi connectivity index (χ1v) is 36.9. The van der Waals surface area contributed by atoms with Crippen LogP contribution in [-0.4, -0.2) is 122 Å². The lowest BCUT2D eigenvalue weighted by Crippen LogP contribution is -2.67. The summed E-state index contributed by atoms with van der Waals surface area (Å²) in [6, 6.07) is 50.2. The molecule has 2 saturated heterocycles. The molecule has 8 aromatic rings. The number of benzene rings is 8. The summed E-state index contributed by atoms with van der Waals surface area (Å²) in [5, 5.41) is 0. The lowest BCUT2D eigenvalue weighted by atomic mass is 9.95. The van der Waals surface area contributed by atoms with Gasteiger partial charge in [0.2, 0.25) is 12.4 Å². The number of hydrogen-bond acceptors (Lipinski definition) is 19. The predicted octanol–water partition coefficient (Wildman–Crippen LogP) is 14.4. The summed E-state index contributed by atoms with van der Waals surface area (Å²) >= 11 is 16.5. The largest absolute Gasteiger partial charge is 0.459 e. The maximum atomic E-state index is 15.0. The first-order chi connectivity index (χ1) is 45.6. The van der Waals surface area contributed by atoms with Crippen molar-refractivity contribution in [1.29, 1.82) is 0 Å². The minimum Gasteiger partial charge on any atom is -0.459 e. The van der Waals surface area contributed by atoms with Crippen LogP contribution in [-0.2, 0) is 52.1 Å². The average molecular weight is 2180 g/mol. The third-order valence-corrected chi connectivity index (χ3v) is 20.1. The molecule has 27 heteroatoms. The number of hydrogen-bond donors (Lipinski definition) is 0. The predicted molar refractivity (Wildman–Crippen MR) is 407 cm³/mol. The molecule has 19 nitrogen and oxygen atoms in total. The van der Waals surface area contributed by atoms with Crippen LogP contribution in [0.4, 0.5) is 0 Å². The second kappa shape index (κ2) is 34.3. The average Bonchev–Trinajstić information content (AvgIpc) is 0.767. The van der Waals surface area contributed by atoms with Crippen molar-refractivity contribution in [2.75, 3.05) is 13.2 Å². The number of carbonyl (C=O) groups is 8. The van der Waals surface area contributed by atoms with Crippen LogP contribution >= 0.6 is 181 Å². The van der Waals surface area contributed by atoms with Crippen LogP contribution in [0.1, 0.15) is 82.9 Å². The van der Waals surface area contributed by atoms with E-state index in [0.717, 1.165) is 28.6 Å². The van der Waals surface area contributed by atoms with E-state index in [1.54, 1.807) is 97.1 Å². The smallest absolute Gasteiger partial charge is 0.340 e. The Hall–Kier alpha value is -4.76. The molecule has 0 aliphatic carbocycles. The van der Waals surface area contributed by atoms with Gasteiger partial charge in [-0.2, -0.15) is 0 Å². The van der Waals surface area contributed by atoms with E-state index < -0.39 is 122 Å². The van der Waals surface area contributed by atoms with Gasteiger partial charge in [0, 0.05) is 28.6 Å². The second-order valence-electron chi connectivity index (χ2n) is 20.7. The molecule has 2 aliphatic rings. The second-order valence-corrected chi connectivity index (χ2v) is 30.7. The maximum Gasteiger partial charge on any atom is 0.340 e. The molecule has 0 bridgehead atoms. The Kier molecular flexibility index (Phi) is 26.4. The molecular weight excluding hydrogens is 2140 g/mol. The van der Waals surface area contributed by atoms with Crippen molar-refractivity contribution in [3.05, 3.63) is 267 Å². The number of rotatable bonds is 20. The monoisotopic (exact) mass is 2180 g/mol. The Morgan fingerprint density at radius 1 is 0.242 bits per heavy atom. The fourth-order valence-electron chi connectivity index (χ4n) is 9.51. The summed E-state index contributed by atoms with van der Waals surface area (Å²) in [4.78, 5) is 117. The van der Waals surface area contributed by atoms with Gasteiger partial charge in [0.15, 0.2) is 30.7 Å². The van der Waals surface area contributed by atoms with Crippen molar-refractivity contribution in [3.63, 3.8) is 0 Å². The topological polar surface area (TPSA) is 238 Å². The number of halogens is 8. The van der Waals surface area contributed by atoms with Gasteiger partial charge in [0.25, 0.3) is 0 Å². The van der Waals surface area contributed by atoms with Gasteiger partial charge < -0.3 is 52.1 Å². The Balaban J connectivity index is 1.16. The Morgan fingerprint density at radius 3 is 0.726 bits per heavy atom. The summed E-state index contributed by atoms with van der Waals surface area (Å²) in [7, 11) is 0. The van der Waals surface area contributed by atoms with Crippen molar-refractivity contribution in [2.24, 2.45) is 0 Å². The molecule has 488 valence electrons. The first-order valence-electron chi connectivity index (χ1n) is 28.2. The molecule has 4 unspecified atom stereocenters. The highest BCUT2D eigenvalue weighted by molar-refractivity contribution is 14.1. The molecule has 0 saturated carbocycles. The summed E-state index contributed by atoms with van der Waals surface area (Å²) in [6.07, 6.45) is -19.7. The number of esters is 8. The molecule has 10 atom stereocenters. The zero-order chi connectivity index (χ0) is 67.4. The minimum absolute atomic E-state index is 0.00805. The molecule has 95 heavy (non-hydrogen) atoms. The summed E-state index contributed by atoms with van der Waals surface area (Å²) in [5.74, 6) is -7.90. The van der Waals surface area contributed by atoms with E-state index in [4.69, 9.17) is 52.1 Å². The molecule has 8 aromatic carbocycles. The van der Waals surface area contributed by atoms with Crippen LogP contribution in [0.15, 0.2) is 194 Å². The molecule has 2 fully saturated rings. The van der Waals surface area contributed by atoms with Gasteiger partial charge in [-0.1, -0.05) is 0 Å². The molecule has 0 N–H and O–H groups in total. The van der Waals surface area contributed by atoms with Crippen molar-refractivity contribution in [2.45, 2.75) is 61.4 Å². The van der Waals surface area contributed by atoms with Gasteiger partial charge in [0.1, 0.15) is 31.5 Å². The van der Waals surface area contributed by atoms with E-state index in [-0.39, 0.29) is 44.5 Å². The lowest BCUT2D eigenvalue weighted by Gasteiger charge is -2.48. The normalized spacial score (nSPS) is 20.6. The molecule has 0 aromatic heterocycles. The highest BCUT2D eigenvalue weighted by Crippen LogP contribution is 2.38. The van der Waals surface area contributed by atoms with Gasteiger partial charge in [-0.05, 0) is 375 Å². The zero-order valence-corrected chi connectivity index (χ0v) is 65.7. The quantitative estimate of drug-likeness (QED) is 0.0391. The Labute approximate surface area is 652 Å². The van der Waals surface area contributed by atoms with E-state index >= 15 is 0 Å². The Bertz CT molecular complexity index is 4070. The van der Waals surface area contributed by atoms with Gasteiger partial charge in [-0.15, -0.1) is 0 Å². The fourth-order valence-corrected chi connectivity index (χ4v) is 12.4. The van der Waals surface area contributed by atoms with Crippen LogP contribution in [0.25, 0.3) is 0 Å². The third-order valence-electron chi connectivity index (χ3n) is 14.3. The van der Waals surface area contributed by atoms with Gasteiger partial charge in [0.05, 0.1) is 44.5 Å². The van der Waals surface area contributed by atoms with Crippen LogP contribution in [0.2, 0.25) is 0 Å². The molecule has 0 spiro atoms. The highest BCUT2D eigenvalue weighted by atomic mass is 127. The van der Waals surface area contributed by atoms with Crippen molar-refractivity contribution in [1.82, 2.24) is 0 Å². The van der Waals surface area contributed by atoms with Crippen molar-refractivity contribution >= 4 is 228 Å². The number of ether oxygens (including phenoxy) is 11. The molecule has 10 rings (SSSR count). The molecular formula is C68H46I8O19. The minimum atomic E-state index is -2.16. The number of carbonyl (C=O) groups excluding carboxylic acids is 8. The zero-order valence-electron chi connectivity index (χ0n) is 48.4. The van der Waals surface area contributed by atoms with E-state index in [1.807, 2.05) is 0 Å². The molecule has 0 radical (unpaired) electrons. The first kappa shape index (κ1) is 73.0. The molecule has 2 heterocycles. The van der Waals surface area contributed by atoms with Crippen LogP contribution in [0, 0.1) is 28.6 Å². The molecule has 0 amide bonds. The third kappa shape index (κ3) is 19.8. The van der Waals surface area contributed by atoms with Crippen molar-refractivity contribution in [3.8, 4) is 0 Å². The molecule has 2 aliphatic heterocycles. The Morgan fingerprint density at radius 2 is 0.442 bits per heavy atom. The van der Waals surface area contributed by atoms with Gasteiger partial charge >= 0.3 is 47.8 Å². The van der Waals surface area contributed by atoms with E-state index in [2.05, 4.69) is 181 Å². The summed E-state index contributed by atoms with van der Waals surface area (Å²) < 4.78 is 77.1. The lowest BCUT2D eigenvalue weighted by molar-refractivity contribution is -0.351. The fraction of sp³-hybridized carbons (Fsp3) is 0.176. The highest BCUT2D eigenvalue weighted by Gasteiger charge is 2.59. The van der Waals surface area contributed by atoms with E-state index in [0.29, 0.717) is 0 Å². The van der Waals surface area contributed by atoms with E-state index in [1.165, 1.54) is 97.1 Å². The van der Waals surface area contributed by atoms with E-state index in [9.17, 15) is 38.4 Å². The summed E-state index contributed by atoms with van der Waals surface area (Å²) in [5.41, 5.74) is 0.173. The SMILES string of the molecule is O=C(OCC1O[C@@H](OC(=O)c2ccc(I)cc2)C(OC(=O)c2ccc(I)cc2)[C@@H](OC(=O)c2ccc(I)cc2)[C@@H]1O[C@@H]1OC(COC(=O)c2ccc(I)cc2)[C@H](OC(=O)c2ccc(I)cc2)[C@H](OC(=O)c2ccc(I)cc2)C1OC(=O)c1ccc(I)cc1)c1ccc(I)cc1. The standard InChI is InChI=1S/C68H46I8O19/c69-43-17-1-35(2-18-43)59(77)85-33-51-53(89-61(79)37-5-21-45(71)22-6-37)55(90-62(80)38-7-23-46(72)24-8-38)57(92-64(82)40-11-27-48(74)28-12-40)67(87-51)94-54-52(34-86-60(78)36-3-19-44(70)20-4-36)88-68(95-66(84)42-15-31-50(76)32-16-42)58(93-65(83)41-13-29-49(75)30-14-41)56(54)91-63(81)39-9-25-47(73)26-10-39/h1-32,51-58,67-68H,33-34H2/t51?,52?,53-,54+,55-,56-,57?,58?,67-,68-/m0/s1. The summed E-state index contributed by atoms with van der Waals surface area (Å²) in [6.45, 7) is -1.61. The van der Waals surface area contributed by atoms with Crippen molar-refractivity contribution < 1.29 is 90.5 Å². The van der Waals surface area contributed by atoms with Crippen LogP contribution < -0.4 is 0 Å². The van der Waals surface area contributed by atoms with Crippen LogP contribution in [0.3, 0.4) is 0 Å². The van der Waals surface area contributed by atoms with Gasteiger partial charge in [-0.25, -0.2) is 38.4 Å².